The molecule has 0 spiro atoms. The molecule has 1 aromatic heterocycles. The number of nitrogens with one attached hydrogen (secondary N) is 2. The molecule has 1 aromatic rings. The molecule has 0 amide bonds. The van der Waals surface area contributed by atoms with Gasteiger partial charge in [-0.05, 0) is 32.0 Å². The van der Waals surface area contributed by atoms with Crippen LogP contribution >= 0.6 is 24.8 Å². The minimum Gasteiger partial charge on any atom is -0.367 e. The summed E-state index contributed by atoms with van der Waals surface area (Å²) in [4.78, 5) is 14.0. The fourth-order valence-corrected chi connectivity index (χ4v) is 1.75. The Labute approximate surface area is 118 Å². The first kappa shape index (κ1) is 16.9. The zero-order valence-electron chi connectivity index (χ0n) is 9.67. The quantitative estimate of drug-likeness (QED) is 0.658. The lowest BCUT2D eigenvalue weighted by atomic mass is 10.1. The molecule has 2 N–H and O–H groups in total. The number of rotatable bonds is 3. The Bertz CT molecular complexity index is 369. The second-order valence-electron chi connectivity index (χ2n) is 3.83. The van der Waals surface area contributed by atoms with Crippen LogP contribution in [0, 0.1) is 10.1 Å². The molecule has 0 unspecified atom stereocenters. The first-order valence-corrected chi connectivity index (χ1v) is 5.33. The van der Waals surface area contributed by atoms with Gasteiger partial charge in [0.15, 0.2) is 0 Å². The molecular weight excluding hydrogens is 279 g/mol. The molecule has 18 heavy (non-hydrogen) atoms. The molecule has 0 saturated carbocycles. The smallest absolute Gasteiger partial charge is 0.287 e. The Kier molecular flexibility index (Phi) is 7.58. The maximum atomic E-state index is 10.4. The lowest BCUT2D eigenvalue weighted by Crippen LogP contribution is -2.35. The fraction of sp³-hybridized carbons (Fsp3) is 0.500. The summed E-state index contributed by atoms with van der Waals surface area (Å²) in [5, 5.41) is 17.0. The van der Waals surface area contributed by atoms with Crippen molar-refractivity contribution in [2.45, 2.75) is 18.9 Å². The van der Waals surface area contributed by atoms with Crippen LogP contribution in [-0.2, 0) is 0 Å². The van der Waals surface area contributed by atoms with Crippen LogP contribution in [0.2, 0.25) is 0 Å². The largest absolute Gasteiger partial charge is 0.367 e. The predicted molar refractivity (Wildman–Crippen MR) is 74.9 cm³/mol. The third-order valence-corrected chi connectivity index (χ3v) is 2.65. The summed E-state index contributed by atoms with van der Waals surface area (Å²) in [6.45, 7) is 2.01. The summed E-state index contributed by atoms with van der Waals surface area (Å²) >= 11 is 0. The Balaban J connectivity index is 0.00000144. The average molecular weight is 295 g/mol. The SMILES string of the molecule is Cl.Cl.O=[N+]([O-])c1ccc(NC2CCNCC2)nc1. The monoisotopic (exact) mass is 294 g/mol. The Hall–Kier alpha value is -1.11. The van der Waals surface area contributed by atoms with Crippen LogP contribution in [0.4, 0.5) is 11.5 Å². The van der Waals surface area contributed by atoms with Crippen molar-refractivity contribution < 1.29 is 4.92 Å². The standard InChI is InChI=1S/C10H14N4O2.2ClH/c15-14(16)9-1-2-10(12-7-9)13-8-3-5-11-6-4-8;;/h1-2,7-8,11H,3-6H2,(H,12,13);2*1H. The Morgan fingerprint density at radius 2 is 2.00 bits per heavy atom. The highest BCUT2D eigenvalue weighted by Crippen LogP contribution is 2.14. The van der Waals surface area contributed by atoms with Gasteiger partial charge < -0.3 is 10.6 Å². The molecule has 1 aliphatic heterocycles. The molecule has 0 atom stereocenters. The van der Waals surface area contributed by atoms with Gasteiger partial charge in [-0.1, -0.05) is 0 Å². The Morgan fingerprint density at radius 3 is 2.50 bits per heavy atom. The van der Waals surface area contributed by atoms with Gasteiger partial charge in [0.1, 0.15) is 12.0 Å². The van der Waals surface area contributed by atoms with Crippen molar-refractivity contribution in [1.29, 1.82) is 0 Å². The van der Waals surface area contributed by atoms with Gasteiger partial charge in [0.05, 0.1) is 4.92 Å². The topological polar surface area (TPSA) is 80.1 Å². The number of nitro groups is 1. The van der Waals surface area contributed by atoms with E-state index in [-0.39, 0.29) is 30.5 Å². The Morgan fingerprint density at radius 1 is 1.33 bits per heavy atom. The third-order valence-electron chi connectivity index (χ3n) is 2.65. The minimum atomic E-state index is -0.443. The van der Waals surface area contributed by atoms with Gasteiger partial charge in [0.25, 0.3) is 5.69 Å². The minimum absolute atomic E-state index is 0. The predicted octanol–water partition coefficient (Wildman–Crippen LogP) is 2.00. The normalized spacial score (nSPS) is 15.1. The zero-order chi connectivity index (χ0) is 11.4. The molecule has 1 saturated heterocycles. The summed E-state index contributed by atoms with van der Waals surface area (Å²) in [6.07, 6.45) is 3.39. The van der Waals surface area contributed by atoms with Gasteiger partial charge in [0, 0.05) is 12.1 Å². The second kappa shape index (κ2) is 8.07. The summed E-state index contributed by atoms with van der Waals surface area (Å²) in [7, 11) is 0. The number of hydrogen-bond acceptors (Lipinski definition) is 5. The van der Waals surface area contributed by atoms with E-state index in [2.05, 4.69) is 15.6 Å². The van der Waals surface area contributed by atoms with E-state index in [1.807, 2.05) is 0 Å². The molecule has 6 nitrogen and oxygen atoms in total. The maximum Gasteiger partial charge on any atom is 0.287 e. The highest BCUT2D eigenvalue weighted by atomic mass is 35.5. The molecule has 2 heterocycles. The molecular formula is C10H16Cl2N4O2. The van der Waals surface area contributed by atoms with Gasteiger partial charge in [-0.3, -0.25) is 10.1 Å². The van der Waals surface area contributed by atoms with Crippen molar-refractivity contribution in [1.82, 2.24) is 10.3 Å². The van der Waals surface area contributed by atoms with E-state index in [1.165, 1.54) is 12.3 Å². The van der Waals surface area contributed by atoms with Gasteiger partial charge >= 0.3 is 0 Å². The van der Waals surface area contributed by atoms with Crippen LogP contribution in [-0.4, -0.2) is 29.0 Å². The number of pyridine rings is 1. The van der Waals surface area contributed by atoms with Gasteiger partial charge in [-0.15, -0.1) is 24.8 Å². The van der Waals surface area contributed by atoms with Crippen LogP contribution in [0.5, 0.6) is 0 Å². The van der Waals surface area contributed by atoms with E-state index >= 15 is 0 Å². The number of nitrogens with zero attached hydrogens (tertiary/aromatic N) is 2. The summed E-state index contributed by atoms with van der Waals surface area (Å²) in [5.74, 6) is 0.706. The van der Waals surface area contributed by atoms with Crippen molar-refractivity contribution in [3.05, 3.63) is 28.4 Å². The van der Waals surface area contributed by atoms with Gasteiger partial charge in [-0.25, -0.2) is 4.98 Å². The third kappa shape index (κ3) is 4.64. The average Bonchev–Trinajstić information content (AvgIpc) is 2.31. The molecule has 102 valence electrons. The van der Waals surface area contributed by atoms with Crippen LogP contribution in [0.25, 0.3) is 0 Å². The number of piperidine rings is 1. The first-order chi connectivity index (χ1) is 7.75. The number of anilines is 1. The first-order valence-electron chi connectivity index (χ1n) is 5.33. The molecule has 8 heteroatoms. The van der Waals surface area contributed by atoms with E-state index in [4.69, 9.17) is 0 Å². The van der Waals surface area contributed by atoms with Gasteiger partial charge in [-0.2, -0.15) is 0 Å². The molecule has 0 aromatic carbocycles. The number of aromatic nitrogens is 1. The zero-order valence-corrected chi connectivity index (χ0v) is 11.3. The summed E-state index contributed by atoms with van der Waals surface area (Å²) in [5.41, 5.74) is 0.0239. The van der Waals surface area contributed by atoms with Crippen LogP contribution in [0.15, 0.2) is 18.3 Å². The van der Waals surface area contributed by atoms with Crippen molar-refractivity contribution in [3.8, 4) is 0 Å². The maximum absolute atomic E-state index is 10.4. The fourth-order valence-electron chi connectivity index (χ4n) is 1.75. The molecule has 0 radical (unpaired) electrons. The number of hydrogen-bond donors (Lipinski definition) is 2. The molecule has 1 aliphatic rings. The van der Waals surface area contributed by atoms with E-state index in [0.29, 0.717) is 11.9 Å². The molecule has 0 aliphatic carbocycles. The summed E-state index contributed by atoms with van der Waals surface area (Å²) in [6, 6.07) is 3.53. The lowest BCUT2D eigenvalue weighted by Gasteiger charge is -2.23. The molecule has 1 fully saturated rings. The highest BCUT2D eigenvalue weighted by Gasteiger charge is 2.13. The van der Waals surface area contributed by atoms with E-state index in [0.717, 1.165) is 25.9 Å². The van der Waals surface area contributed by atoms with E-state index < -0.39 is 4.92 Å². The highest BCUT2D eigenvalue weighted by molar-refractivity contribution is 5.85. The summed E-state index contributed by atoms with van der Waals surface area (Å²) < 4.78 is 0. The van der Waals surface area contributed by atoms with Crippen LogP contribution in [0.1, 0.15) is 12.8 Å². The lowest BCUT2D eigenvalue weighted by molar-refractivity contribution is -0.385. The van der Waals surface area contributed by atoms with Crippen molar-refractivity contribution >= 4 is 36.3 Å². The molecule has 0 bridgehead atoms. The van der Waals surface area contributed by atoms with E-state index in [1.54, 1.807) is 6.07 Å². The van der Waals surface area contributed by atoms with Crippen molar-refractivity contribution in [3.63, 3.8) is 0 Å². The van der Waals surface area contributed by atoms with Crippen LogP contribution < -0.4 is 10.6 Å². The van der Waals surface area contributed by atoms with Crippen molar-refractivity contribution in [2.24, 2.45) is 0 Å². The van der Waals surface area contributed by atoms with Crippen LogP contribution in [0.3, 0.4) is 0 Å². The van der Waals surface area contributed by atoms with E-state index in [9.17, 15) is 10.1 Å². The van der Waals surface area contributed by atoms with Gasteiger partial charge in [0.2, 0.25) is 0 Å². The second-order valence-corrected chi connectivity index (χ2v) is 3.83. The molecule has 2 rings (SSSR count). The van der Waals surface area contributed by atoms with Crippen molar-refractivity contribution in [2.75, 3.05) is 18.4 Å². The number of halogens is 2.